The average molecular weight is 268 g/mol. The summed E-state index contributed by atoms with van der Waals surface area (Å²) >= 11 is 0. The van der Waals surface area contributed by atoms with Crippen molar-refractivity contribution >= 4 is 10.9 Å². The molecule has 0 aliphatic heterocycles. The molecule has 20 heavy (non-hydrogen) atoms. The van der Waals surface area contributed by atoms with Crippen LogP contribution in [0.3, 0.4) is 0 Å². The fraction of sp³-hybridized carbons (Fsp3) is 0.556. The molecule has 2 saturated carbocycles. The van der Waals surface area contributed by atoms with Crippen LogP contribution < -0.4 is 5.32 Å². The van der Waals surface area contributed by atoms with E-state index >= 15 is 0 Å². The molecular weight excluding hydrogens is 244 g/mol. The maximum atomic E-state index is 3.85. The molecule has 3 unspecified atom stereocenters. The maximum Gasteiger partial charge on any atom is 0.0483 e. The van der Waals surface area contributed by atoms with Crippen LogP contribution in [0.25, 0.3) is 10.9 Å². The Morgan fingerprint density at radius 2 is 2.05 bits per heavy atom. The molecule has 0 radical (unpaired) electrons. The maximum absolute atomic E-state index is 3.85. The predicted octanol–water partition coefficient (Wildman–Crippen LogP) is 3.76. The Morgan fingerprint density at radius 3 is 2.75 bits per heavy atom. The molecule has 2 bridgehead atoms. The first-order valence-corrected chi connectivity index (χ1v) is 8.00. The number of aryl methyl sites for hydroxylation is 2. The molecule has 2 aliphatic rings. The predicted molar refractivity (Wildman–Crippen MR) is 83.7 cm³/mol. The number of rotatable bonds is 3. The van der Waals surface area contributed by atoms with Crippen molar-refractivity contribution in [2.75, 3.05) is 0 Å². The number of para-hydroxylation sites is 1. The molecule has 0 amide bonds. The highest BCUT2D eigenvalue weighted by molar-refractivity contribution is 5.85. The van der Waals surface area contributed by atoms with Gasteiger partial charge >= 0.3 is 0 Å². The Hall–Kier alpha value is -1.28. The van der Waals surface area contributed by atoms with Gasteiger partial charge in [0.05, 0.1) is 0 Å². The zero-order valence-electron chi connectivity index (χ0n) is 12.5. The van der Waals surface area contributed by atoms with E-state index in [1.54, 1.807) is 0 Å². The summed E-state index contributed by atoms with van der Waals surface area (Å²) in [5.74, 6) is 1.97. The second kappa shape index (κ2) is 4.63. The van der Waals surface area contributed by atoms with E-state index in [0.717, 1.165) is 24.4 Å². The summed E-state index contributed by atoms with van der Waals surface area (Å²) < 4.78 is 2.37. The quantitative estimate of drug-likeness (QED) is 0.896. The van der Waals surface area contributed by atoms with Crippen molar-refractivity contribution in [1.29, 1.82) is 0 Å². The summed E-state index contributed by atoms with van der Waals surface area (Å²) in [6.07, 6.45) is 5.83. The van der Waals surface area contributed by atoms with Crippen LogP contribution >= 0.6 is 0 Å². The van der Waals surface area contributed by atoms with Crippen molar-refractivity contribution in [3.8, 4) is 0 Å². The molecule has 106 valence electrons. The standard InChI is InChI=1S/C18H24N2/c1-12-15-5-3-4-6-17(15)20(2)18(12)11-19-16-10-13-7-8-14(16)9-13/h3-6,13-14,16,19H,7-11H2,1-2H3. The van der Waals surface area contributed by atoms with Crippen molar-refractivity contribution in [3.05, 3.63) is 35.5 Å². The van der Waals surface area contributed by atoms with E-state index in [9.17, 15) is 0 Å². The smallest absolute Gasteiger partial charge is 0.0483 e. The first kappa shape index (κ1) is 12.5. The van der Waals surface area contributed by atoms with E-state index in [0.29, 0.717) is 0 Å². The topological polar surface area (TPSA) is 17.0 Å². The summed E-state index contributed by atoms with van der Waals surface area (Å²) in [7, 11) is 2.20. The van der Waals surface area contributed by atoms with Crippen LogP contribution in [0.1, 0.15) is 36.9 Å². The molecule has 2 fully saturated rings. The largest absolute Gasteiger partial charge is 0.346 e. The third kappa shape index (κ3) is 1.81. The Kier molecular flexibility index (Phi) is 2.88. The first-order chi connectivity index (χ1) is 9.74. The molecule has 2 aliphatic carbocycles. The van der Waals surface area contributed by atoms with Crippen molar-refractivity contribution in [3.63, 3.8) is 0 Å². The molecule has 1 N–H and O–H groups in total. The lowest BCUT2D eigenvalue weighted by molar-refractivity contribution is 0.348. The van der Waals surface area contributed by atoms with Crippen LogP contribution in [0.15, 0.2) is 24.3 Å². The normalized spacial score (nSPS) is 28.6. The Bertz CT molecular complexity index is 601. The summed E-state index contributed by atoms with van der Waals surface area (Å²) in [5.41, 5.74) is 4.25. The van der Waals surface area contributed by atoms with Crippen molar-refractivity contribution < 1.29 is 0 Å². The molecule has 2 heteroatoms. The zero-order chi connectivity index (χ0) is 13.7. The summed E-state index contributed by atoms with van der Waals surface area (Å²) in [6, 6.07) is 9.51. The van der Waals surface area contributed by atoms with Gasteiger partial charge in [0.25, 0.3) is 0 Å². The molecule has 3 atom stereocenters. The molecule has 0 spiro atoms. The number of fused-ring (bicyclic) bond motifs is 3. The molecule has 1 aromatic carbocycles. The summed E-state index contributed by atoms with van der Waals surface area (Å²) in [4.78, 5) is 0. The second-order valence-corrected chi connectivity index (χ2v) is 6.81. The van der Waals surface area contributed by atoms with Crippen LogP contribution in [-0.4, -0.2) is 10.6 Å². The zero-order valence-corrected chi connectivity index (χ0v) is 12.5. The first-order valence-electron chi connectivity index (χ1n) is 8.00. The van der Waals surface area contributed by atoms with Gasteiger partial charge in [0.15, 0.2) is 0 Å². The number of hydrogen-bond donors (Lipinski definition) is 1. The minimum Gasteiger partial charge on any atom is -0.346 e. The van der Waals surface area contributed by atoms with E-state index in [-0.39, 0.29) is 0 Å². The molecular formula is C18H24N2. The number of nitrogens with zero attached hydrogens (tertiary/aromatic N) is 1. The fourth-order valence-corrected chi connectivity index (χ4v) is 4.61. The molecule has 0 saturated heterocycles. The van der Waals surface area contributed by atoms with Crippen LogP contribution in [-0.2, 0) is 13.6 Å². The lowest BCUT2D eigenvalue weighted by Crippen LogP contribution is -2.34. The minimum atomic E-state index is 0.770. The van der Waals surface area contributed by atoms with E-state index in [2.05, 4.69) is 48.1 Å². The van der Waals surface area contributed by atoms with Gasteiger partial charge < -0.3 is 9.88 Å². The van der Waals surface area contributed by atoms with E-state index < -0.39 is 0 Å². The lowest BCUT2D eigenvalue weighted by atomic mass is 9.95. The third-order valence-corrected chi connectivity index (χ3v) is 5.78. The number of nitrogens with one attached hydrogen (secondary N) is 1. The third-order valence-electron chi connectivity index (χ3n) is 5.78. The average Bonchev–Trinajstić information content (AvgIpc) is 3.14. The van der Waals surface area contributed by atoms with Crippen molar-refractivity contribution in [2.24, 2.45) is 18.9 Å². The highest BCUT2D eigenvalue weighted by Crippen LogP contribution is 2.44. The minimum absolute atomic E-state index is 0.770. The SMILES string of the molecule is Cc1c(CNC2CC3CCC2C3)n(C)c2ccccc12. The molecule has 4 rings (SSSR count). The second-order valence-electron chi connectivity index (χ2n) is 6.81. The van der Waals surface area contributed by atoms with Crippen LogP contribution in [0.2, 0.25) is 0 Å². The van der Waals surface area contributed by atoms with Gasteiger partial charge in [-0.25, -0.2) is 0 Å². The van der Waals surface area contributed by atoms with Crippen molar-refractivity contribution in [1.82, 2.24) is 9.88 Å². The Labute approximate surface area is 121 Å². The van der Waals surface area contributed by atoms with Crippen molar-refractivity contribution in [2.45, 2.75) is 45.2 Å². The number of hydrogen-bond acceptors (Lipinski definition) is 1. The van der Waals surface area contributed by atoms with Crippen LogP contribution in [0, 0.1) is 18.8 Å². The van der Waals surface area contributed by atoms with E-state index in [1.807, 2.05) is 0 Å². The Balaban J connectivity index is 1.57. The van der Waals surface area contributed by atoms with Gasteiger partial charge in [-0.05, 0) is 49.7 Å². The van der Waals surface area contributed by atoms with E-state index in [4.69, 9.17) is 0 Å². The van der Waals surface area contributed by atoms with Crippen LogP contribution in [0.4, 0.5) is 0 Å². The van der Waals surface area contributed by atoms with Gasteiger partial charge in [-0.2, -0.15) is 0 Å². The monoisotopic (exact) mass is 268 g/mol. The molecule has 1 aromatic heterocycles. The summed E-state index contributed by atoms with van der Waals surface area (Å²) in [6.45, 7) is 3.28. The highest BCUT2D eigenvalue weighted by Gasteiger charge is 2.39. The Morgan fingerprint density at radius 1 is 1.20 bits per heavy atom. The molecule has 2 aromatic rings. The number of aromatic nitrogens is 1. The van der Waals surface area contributed by atoms with Gasteiger partial charge in [-0.3, -0.25) is 0 Å². The van der Waals surface area contributed by atoms with Gasteiger partial charge in [-0.1, -0.05) is 24.6 Å². The highest BCUT2D eigenvalue weighted by atomic mass is 15.0. The summed E-state index contributed by atoms with van der Waals surface area (Å²) in [5, 5.41) is 5.25. The molecule has 2 nitrogen and oxygen atoms in total. The fourth-order valence-electron chi connectivity index (χ4n) is 4.61. The lowest BCUT2D eigenvalue weighted by Gasteiger charge is -2.23. The van der Waals surface area contributed by atoms with Gasteiger partial charge in [0.2, 0.25) is 0 Å². The van der Waals surface area contributed by atoms with E-state index in [1.165, 1.54) is 47.8 Å². The van der Waals surface area contributed by atoms with Gasteiger partial charge in [-0.15, -0.1) is 0 Å². The number of benzene rings is 1. The van der Waals surface area contributed by atoms with Gasteiger partial charge in [0, 0.05) is 36.2 Å². The van der Waals surface area contributed by atoms with Gasteiger partial charge in [0.1, 0.15) is 0 Å². The van der Waals surface area contributed by atoms with Crippen LogP contribution in [0.5, 0.6) is 0 Å². The molecule has 1 heterocycles.